The summed E-state index contributed by atoms with van der Waals surface area (Å²) in [4.78, 5) is 62.8. The molecule has 0 radical (unpaired) electrons. The van der Waals surface area contributed by atoms with Crippen LogP contribution in [-0.4, -0.2) is 108 Å². The Kier molecular flexibility index (Phi) is 11.0. The van der Waals surface area contributed by atoms with Crippen LogP contribution in [0.15, 0.2) is 56.6 Å². The summed E-state index contributed by atoms with van der Waals surface area (Å²) >= 11 is 3.19. The van der Waals surface area contributed by atoms with Crippen molar-refractivity contribution < 1.29 is 41.8 Å². The zero-order valence-electron chi connectivity index (χ0n) is 34.4. The minimum absolute atomic E-state index is 0.0207. The fourth-order valence-electron chi connectivity index (χ4n) is 9.45. The van der Waals surface area contributed by atoms with Crippen molar-refractivity contribution >= 4 is 51.2 Å². The Morgan fingerprint density at radius 3 is 2.40 bits per heavy atom. The lowest BCUT2D eigenvalue weighted by molar-refractivity contribution is -0.137. The van der Waals surface area contributed by atoms with E-state index in [0.717, 1.165) is 29.1 Å². The Morgan fingerprint density at radius 1 is 1.06 bits per heavy atom. The predicted octanol–water partition coefficient (Wildman–Crippen LogP) is 5.53. The lowest BCUT2D eigenvalue weighted by atomic mass is 9.74. The summed E-state index contributed by atoms with van der Waals surface area (Å²) in [6.45, 7) is 9.52. The van der Waals surface area contributed by atoms with Gasteiger partial charge in [0.25, 0.3) is 5.56 Å². The molecule has 3 fully saturated rings. The number of ether oxygens (including phenoxy) is 1. The number of allylic oxidation sites excluding steroid dienone is 3. The lowest BCUT2D eigenvalue weighted by Crippen LogP contribution is -2.48. The highest BCUT2D eigenvalue weighted by atomic mass is 79.9. The van der Waals surface area contributed by atoms with Crippen molar-refractivity contribution in [2.75, 3.05) is 38.2 Å². The minimum Gasteiger partial charge on any atom is -0.465 e. The van der Waals surface area contributed by atoms with Gasteiger partial charge in [-0.1, -0.05) is 13.0 Å². The summed E-state index contributed by atoms with van der Waals surface area (Å²) in [5, 5.41) is 20.8. The number of carbonyl (C=O) groups excluding carboxylic acids is 2. The molecule has 0 saturated carbocycles. The van der Waals surface area contributed by atoms with E-state index >= 15 is 0 Å². The highest BCUT2D eigenvalue weighted by molar-refractivity contribution is 9.10. The summed E-state index contributed by atoms with van der Waals surface area (Å²) < 4.78 is 61.6. The van der Waals surface area contributed by atoms with Crippen LogP contribution >= 0.6 is 15.9 Å². The summed E-state index contributed by atoms with van der Waals surface area (Å²) in [5.41, 5.74) is 3.30. The van der Waals surface area contributed by atoms with Crippen LogP contribution in [0, 0.1) is 11.2 Å². The Labute approximate surface area is 360 Å². The first-order chi connectivity index (χ1) is 29.2. The van der Waals surface area contributed by atoms with Gasteiger partial charge in [0.1, 0.15) is 18.0 Å². The molecule has 2 atom stereocenters. The van der Waals surface area contributed by atoms with Crippen LogP contribution in [0.25, 0.3) is 5.78 Å². The number of benzene rings is 1. The standard InChI is InChI=1S/C27H29BrF4N6O4.C13H17N5O2/c1-14-12-26(7-9-36(10-8-26)24(41)42-25(2,3)4)19-20(14)37(23-34-22(28)35-38(23)21(19)40)13-18(39)33-17-6-5-15(11-16(17)29)27(30,31)32;19-12(20)17-5-3-13(4-6-17)2-1-10-9(13)7-18-11(16-10)14-8-15-18/h5-6,11,14H,7-10,12-13H2,1-4H3,(H,33,39);1-2,7,11,14-15H,3-6,8H2,(H,19,20). The van der Waals surface area contributed by atoms with Crippen LogP contribution in [0.5, 0.6) is 0 Å². The number of anilines is 1. The minimum atomic E-state index is -4.73. The van der Waals surface area contributed by atoms with E-state index in [1.807, 2.05) is 11.9 Å². The average Bonchev–Trinajstić information content (AvgIpc) is 3.97. The van der Waals surface area contributed by atoms with Crippen LogP contribution in [-0.2, 0) is 27.7 Å². The first-order valence-corrected chi connectivity index (χ1v) is 21.0. The van der Waals surface area contributed by atoms with Gasteiger partial charge in [-0.05, 0) is 99.0 Å². The number of amides is 3. The van der Waals surface area contributed by atoms with Gasteiger partial charge in [-0.3, -0.25) is 19.9 Å². The molecule has 4 aliphatic heterocycles. The molecular formula is C40H46BrF4N11O6. The number of aliphatic imine (C=N–C) groups is 1. The number of hydrogen-bond acceptors (Lipinski definition) is 11. The first-order valence-electron chi connectivity index (χ1n) is 20.2. The maximum Gasteiger partial charge on any atom is 0.416 e. The average molecular weight is 933 g/mol. The third-order valence-corrected chi connectivity index (χ3v) is 12.7. The quantitative estimate of drug-likeness (QED) is 0.242. The van der Waals surface area contributed by atoms with Crippen molar-refractivity contribution in [2.24, 2.45) is 10.4 Å². The molecule has 332 valence electrons. The van der Waals surface area contributed by atoms with Crippen molar-refractivity contribution in [3.63, 3.8) is 0 Å². The van der Waals surface area contributed by atoms with Gasteiger partial charge in [-0.2, -0.15) is 22.7 Å². The number of rotatable bonds is 3. The number of nitrogens with zero attached hydrogens (tertiary/aromatic N) is 8. The third kappa shape index (κ3) is 8.07. The van der Waals surface area contributed by atoms with Crippen molar-refractivity contribution in [2.45, 2.75) is 95.7 Å². The summed E-state index contributed by atoms with van der Waals surface area (Å²) in [7, 11) is 0. The summed E-state index contributed by atoms with van der Waals surface area (Å²) in [6.07, 6.45) is 3.63. The van der Waals surface area contributed by atoms with Crippen molar-refractivity contribution in [1.29, 1.82) is 0 Å². The molecule has 0 bridgehead atoms. The fraction of sp³-hybridized carbons (Fsp3) is 0.525. The predicted molar refractivity (Wildman–Crippen MR) is 219 cm³/mol. The van der Waals surface area contributed by atoms with Gasteiger partial charge < -0.3 is 29.5 Å². The Balaban J connectivity index is 0.000000218. The maximum atomic E-state index is 14.5. The molecule has 6 aliphatic rings. The SMILES string of the molecule is CC1CC2(CCN(C(=O)OC(C)(C)C)CC2)c2c1n(CC(=O)Nc1ccc(C(F)(F)F)cc1F)c1nc(Br)nn1c2=O.O=C(O)N1CCC2(C=CC3=NC4NCNN4C=C32)CC1. The molecule has 62 heavy (non-hydrogen) atoms. The third-order valence-electron chi connectivity index (χ3n) is 12.3. The van der Waals surface area contributed by atoms with E-state index in [0.29, 0.717) is 75.5 Å². The normalized spacial score (nSPS) is 22.2. The highest BCUT2D eigenvalue weighted by Crippen LogP contribution is 2.51. The molecule has 2 unspecified atom stereocenters. The molecule has 22 heteroatoms. The van der Waals surface area contributed by atoms with Gasteiger partial charge in [-0.25, -0.2) is 24.4 Å². The van der Waals surface area contributed by atoms with Crippen LogP contribution in [0.1, 0.15) is 82.5 Å². The van der Waals surface area contributed by atoms with E-state index in [1.54, 1.807) is 30.2 Å². The van der Waals surface area contributed by atoms with Crippen LogP contribution < -0.4 is 21.6 Å². The van der Waals surface area contributed by atoms with Crippen LogP contribution in [0.4, 0.5) is 32.8 Å². The summed E-state index contributed by atoms with van der Waals surface area (Å²) in [6, 6.07) is 1.85. The van der Waals surface area contributed by atoms with E-state index in [4.69, 9.17) is 14.8 Å². The molecule has 3 aromatic rings. The second kappa shape index (κ2) is 15.8. The lowest BCUT2D eigenvalue weighted by Gasteiger charge is -2.40. The zero-order chi connectivity index (χ0) is 44.5. The number of hydrazine groups is 1. The fourth-order valence-corrected chi connectivity index (χ4v) is 9.76. The van der Waals surface area contributed by atoms with E-state index in [9.17, 15) is 36.7 Å². The number of piperidine rings is 2. The number of carboxylic acid groups (broad SMARTS) is 1. The van der Waals surface area contributed by atoms with E-state index < -0.39 is 58.9 Å². The molecule has 3 saturated heterocycles. The largest absolute Gasteiger partial charge is 0.465 e. The maximum absolute atomic E-state index is 14.5. The highest BCUT2D eigenvalue weighted by Gasteiger charge is 2.50. The number of halogens is 5. The van der Waals surface area contributed by atoms with Gasteiger partial charge in [0.05, 0.1) is 23.6 Å². The molecular weight excluding hydrogens is 886 g/mol. The number of fused-ring (bicyclic) bond motifs is 6. The molecule has 6 heterocycles. The Bertz CT molecular complexity index is 2480. The van der Waals surface area contributed by atoms with Crippen molar-refractivity contribution in [3.05, 3.63) is 79.8 Å². The first kappa shape index (κ1) is 43.3. The van der Waals surface area contributed by atoms with Crippen LogP contribution in [0.2, 0.25) is 0 Å². The Morgan fingerprint density at radius 2 is 1.76 bits per heavy atom. The van der Waals surface area contributed by atoms with Gasteiger partial charge >= 0.3 is 18.4 Å². The molecule has 1 aromatic carbocycles. The molecule has 2 aliphatic carbocycles. The molecule has 9 rings (SSSR count). The molecule has 4 N–H and O–H groups in total. The zero-order valence-corrected chi connectivity index (χ0v) is 35.9. The van der Waals surface area contributed by atoms with Gasteiger partial charge in [0, 0.05) is 60.0 Å². The second-order valence-corrected chi connectivity index (χ2v) is 18.2. The topological polar surface area (TPSA) is 191 Å². The second-order valence-electron chi connectivity index (χ2n) is 17.5. The molecule has 2 spiro atoms. The number of likely N-dealkylation sites (tertiary alicyclic amines) is 2. The van der Waals surface area contributed by atoms with E-state index in [-0.39, 0.29) is 33.7 Å². The van der Waals surface area contributed by atoms with Gasteiger partial charge in [0.2, 0.25) is 16.4 Å². The monoisotopic (exact) mass is 931 g/mol. The number of hydrogen-bond donors (Lipinski definition) is 4. The van der Waals surface area contributed by atoms with Crippen LogP contribution in [0.3, 0.4) is 0 Å². The molecule has 3 amide bonds. The number of aromatic nitrogens is 4. The van der Waals surface area contributed by atoms with Gasteiger partial charge in [-0.15, -0.1) is 5.10 Å². The Hall–Kier alpha value is -5.35. The molecule has 2 aromatic heterocycles. The van der Waals surface area contributed by atoms with E-state index in [1.165, 1.54) is 10.5 Å². The van der Waals surface area contributed by atoms with Crippen molar-refractivity contribution in [3.8, 4) is 0 Å². The van der Waals surface area contributed by atoms with Crippen molar-refractivity contribution in [1.82, 2.24) is 44.7 Å². The van der Waals surface area contributed by atoms with Gasteiger partial charge in [0.15, 0.2) is 6.29 Å². The molecule has 17 nitrogen and oxygen atoms in total. The number of nitrogens with one attached hydrogen (secondary N) is 3. The van der Waals surface area contributed by atoms with E-state index in [2.05, 4.69) is 60.4 Å². The number of carbonyl (C=O) groups is 3. The smallest absolute Gasteiger partial charge is 0.416 e. The number of alkyl halides is 3. The summed E-state index contributed by atoms with van der Waals surface area (Å²) in [5.74, 6) is -2.06.